The summed E-state index contributed by atoms with van der Waals surface area (Å²) in [7, 11) is -3.28. The molecule has 1 unspecified atom stereocenters. The maximum atomic E-state index is 13.3. The zero-order chi connectivity index (χ0) is 29.8. The lowest BCUT2D eigenvalue weighted by atomic mass is 9.77. The highest BCUT2D eigenvalue weighted by Gasteiger charge is 2.65. The molecular weight excluding hydrogens is 592 g/mol. The zero-order valence-corrected chi connectivity index (χ0v) is 30.0. The Morgan fingerprint density at radius 3 is 1.79 bits per heavy atom. The summed E-state index contributed by atoms with van der Waals surface area (Å²) in [5.41, 5.74) is 3.47. The first-order valence-electron chi connectivity index (χ1n) is 14.9. The topological polar surface area (TPSA) is 74.2 Å². The van der Waals surface area contributed by atoms with Gasteiger partial charge in [-0.2, -0.15) is 0 Å². The van der Waals surface area contributed by atoms with Crippen molar-refractivity contribution in [3.8, 4) is 0 Å². The molecule has 0 aromatic carbocycles. The molecule has 6 nitrogen and oxygen atoms in total. The van der Waals surface area contributed by atoms with Gasteiger partial charge in [0.25, 0.3) is 8.32 Å². The number of aliphatic hydroxyl groups excluding tert-OH is 1. The van der Waals surface area contributed by atoms with Gasteiger partial charge in [0.05, 0.1) is 24.9 Å². The fraction of sp³-hybridized carbons (Fsp3) is 0.833. The standard InChI is InChI=1S/C30H53BrO6Si2/c1-16(2)38(17(3)4,18(5)6)36-23-14-24(32)30(31)25(37-39(19(7)8,20(9)10)21(11)12)15-22-27(29(33)34-13)26(23)28(30)35-22/h15-24,28,32H,14H2,1-13H3/t22?,23-,24-,28+,30-/m0/s1. The Kier molecular flexibility index (Phi) is 9.89. The van der Waals surface area contributed by atoms with E-state index >= 15 is 0 Å². The van der Waals surface area contributed by atoms with Gasteiger partial charge in [-0.05, 0) is 39.3 Å². The van der Waals surface area contributed by atoms with Crippen molar-refractivity contribution in [3.63, 3.8) is 0 Å². The van der Waals surface area contributed by atoms with E-state index in [2.05, 4.69) is 99.0 Å². The third-order valence-corrected chi connectivity index (χ3v) is 23.4. The normalized spacial score (nSPS) is 29.4. The number of rotatable bonds is 11. The average molecular weight is 646 g/mol. The number of hydrogen-bond donors (Lipinski definition) is 1. The van der Waals surface area contributed by atoms with Crippen molar-refractivity contribution in [1.29, 1.82) is 0 Å². The van der Waals surface area contributed by atoms with Crippen LogP contribution in [0.4, 0.5) is 0 Å². The quantitative estimate of drug-likeness (QED) is 0.141. The Morgan fingerprint density at radius 2 is 1.38 bits per heavy atom. The van der Waals surface area contributed by atoms with Gasteiger partial charge in [0.15, 0.2) is 0 Å². The third kappa shape index (κ3) is 4.99. The second kappa shape index (κ2) is 11.7. The maximum Gasteiger partial charge on any atom is 0.336 e. The molecule has 1 fully saturated rings. The predicted octanol–water partition coefficient (Wildman–Crippen LogP) is 7.77. The second-order valence-corrected chi connectivity index (χ2v) is 25.8. The van der Waals surface area contributed by atoms with Gasteiger partial charge in [-0.25, -0.2) is 4.79 Å². The number of carbonyl (C=O) groups is 1. The molecule has 1 aliphatic carbocycles. The van der Waals surface area contributed by atoms with Gasteiger partial charge >= 0.3 is 5.97 Å². The highest BCUT2D eigenvalue weighted by Crippen LogP contribution is 2.58. The molecule has 1 saturated carbocycles. The summed E-state index contributed by atoms with van der Waals surface area (Å²) < 4.78 is 25.3. The SMILES string of the molecule is COC(=O)C1=C2[C@@H](O[Si](C(C)C)(C(C)C)C(C)C)C[C@H](O)[C@]3(Br)C(O[Si](C(C)C)(C(C)C)C(C)C)=CC1O[C@H]23. The fourth-order valence-corrected chi connectivity index (χ4v) is 20.1. The first-order valence-corrected chi connectivity index (χ1v) is 19.9. The van der Waals surface area contributed by atoms with Crippen molar-refractivity contribution in [2.75, 3.05) is 7.11 Å². The van der Waals surface area contributed by atoms with E-state index in [1.54, 1.807) is 0 Å². The van der Waals surface area contributed by atoms with E-state index in [4.69, 9.17) is 18.3 Å². The third-order valence-electron chi connectivity index (χ3n) is 9.94. The van der Waals surface area contributed by atoms with Crippen LogP contribution in [0.2, 0.25) is 33.2 Å². The molecule has 0 aromatic rings. The van der Waals surface area contributed by atoms with E-state index in [0.29, 0.717) is 51.0 Å². The minimum atomic E-state index is -2.36. The van der Waals surface area contributed by atoms with Crippen LogP contribution in [0.5, 0.6) is 0 Å². The Labute approximate surface area is 247 Å². The van der Waals surface area contributed by atoms with Crippen molar-refractivity contribution in [2.24, 2.45) is 0 Å². The molecule has 224 valence electrons. The molecule has 0 spiro atoms. The van der Waals surface area contributed by atoms with Crippen LogP contribution >= 0.6 is 15.9 Å². The van der Waals surface area contributed by atoms with Gasteiger partial charge in [0.2, 0.25) is 8.32 Å². The molecule has 39 heavy (non-hydrogen) atoms. The first-order chi connectivity index (χ1) is 17.9. The van der Waals surface area contributed by atoms with Gasteiger partial charge in [-0.1, -0.05) is 99.0 Å². The van der Waals surface area contributed by atoms with Crippen LogP contribution in [0.1, 0.15) is 89.5 Å². The molecule has 2 bridgehead atoms. The van der Waals surface area contributed by atoms with Crippen LogP contribution in [0.15, 0.2) is 23.0 Å². The Hall–Kier alpha value is -0.456. The summed E-state index contributed by atoms with van der Waals surface area (Å²) in [6, 6.07) is 0. The molecule has 3 rings (SSSR count). The molecule has 0 amide bonds. The van der Waals surface area contributed by atoms with Crippen molar-refractivity contribution in [2.45, 2.75) is 151 Å². The Bertz CT molecular complexity index is 944. The van der Waals surface area contributed by atoms with E-state index in [1.807, 2.05) is 6.08 Å². The summed E-state index contributed by atoms with van der Waals surface area (Å²) >= 11 is 3.99. The van der Waals surface area contributed by atoms with Crippen LogP contribution in [0, 0.1) is 0 Å². The van der Waals surface area contributed by atoms with Crippen molar-refractivity contribution in [3.05, 3.63) is 23.0 Å². The molecule has 1 N–H and O–H groups in total. The van der Waals surface area contributed by atoms with Gasteiger partial charge in [-0.3, -0.25) is 0 Å². The van der Waals surface area contributed by atoms with Gasteiger partial charge < -0.3 is 23.4 Å². The molecular formula is C30H53BrO6Si2. The predicted molar refractivity (Wildman–Crippen MR) is 166 cm³/mol. The Balaban J connectivity index is 2.19. The molecule has 0 saturated heterocycles. The number of ether oxygens (including phenoxy) is 2. The van der Waals surface area contributed by atoms with Crippen molar-refractivity contribution in [1.82, 2.24) is 0 Å². The van der Waals surface area contributed by atoms with Crippen LogP contribution in [0.3, 0.4) is 0 Å². The molecule has 9 heteroatoms. The Morgan fingerprint density at radius 1 is 0.923 bits per heavy atom. The number of alkyl halides is 1. The maximum absolute atomic E-state index is 13.3. The van der Waals surface area contributed by atoms with Gasteiger partial charge in [0, 0.05) is 12.0 Å². The molecule has 0 aromatic heterocycles. The largest absolute Gasteiger partial charge is 0.545 e. The van der Waals surface area contributed by atoms with Crippen molar-refractivity contribution < 1.29 is 28.2 Å². The van der Waals surface area contributed by atoms with E-state index in [1.165, 1.54) is 7.11 Å². The monoisotopic (exact) mass is 644 g/mol. The molecule has 0 radical (unpaired) electrons. The average Bonchev–Trinajstić information content (AvgIpc) is 3.17. The van der Waals surface area contributed by atoms with Gasteiger partial charge in [-0.15, -0.1) is 0 Å². The summed E-state index contributed by atoms with van der Waals surface area (Å²) in [6.45, 7) is 27.0. The number of esters is 1. The number of aliphatic hydroxyl groups is 1. The van der Waals surface area contributed by atoms with E-state index in [0.717, 1.165) is 5.57 Å². The number of halogens is 1. The van der Waals surface area contributed by atoms with Crippen LogP contribution in [-0.2, 0) is 23.1 Å². The fourth-order valence-electron chi connectivity index (χ4n) is 8.38. The van der Waals surface area contributed by atoms with E-state index in [9.17, 15) is 9.90 Å². The van der Waals surface area contributed by atoms with Crippen LogP contribution < -0.4 is 0 Å². The van der Waals surface area contributed by atoms with Crippen molar-refractivity contribution >= 4 is 38.5 Å². The first kappa shape index (κ1) is 33.1. The number of methoxy groups -OCH3 is 1. The number of hydrogen-bond acceptors (Lipinski definition) is 6. The molecule has 2 aliphatic heterocycles. The van der Waals surface area contributed by atoms with Crippen LogP contribution in [0.25, 0.3) is 0 Å². The summed E-state index contributed by atoms with van der Waals surface area (Å²) in [5.74, 6) is 0.301. The minimum Gasteiger partial charge on any atom is -0.545 e. The lowest BCUT2D eigenvalue weighted by Crippen LogP contribution is -2.62. The summed E-state index contributed by atoms with van der Waals surface area (Å²) in [4.78, 5) is 13.3. The minimum absolute atomic E-state index is 0.356. The number of carbonyl (C=O) groups excluding carboxylic acids is 1. The van der Waals surface area contributed by atoms with E-state index in [-0.39, 0.29) is 0 Å². The number of fused-ring (bicyclic) bond motifs is 1. The highest BCUT2D eigenvalue weighted by molar-refractivity contribution is 9.10. The smallest absolute Gasteiger partial charge is 0.336 e. The molecule has 3 aliphatic rings. The molecule has 5 atom stereocenters. The van der Waals surface area contributed by atoms with E-state index < -0.39 is 51.3 Å². The lowest BCUT2D eigenvalue weighted by molar-refractivity contribution is -0.137. The summed E-state index contributed by atoms with van der Waals surface area (Å²) in [5, 5.41) is 11.9. The zero-order valence-electron chi connectivity index (χ0n) is 26.4. The molecule has 2 heterocycles. The highest BCUT2D eigenvalue weighted by atomic mass is 79.9. The van der Waals surface area contributed by atoms with Crippen LogP contribution in [-0.4, -0.2) is 63.6 Å². The lowest BCUT2D eigenvalue weighted by Gasteiger charge is -2.53. The van der Waals surface area contributed by atoms with Gasteiger partial charge in [0.1, 0.15) is 22.3 Å². The summed E-state index contributed by atoms with van der Waals surface area (Å²) in [6.07, 6.45) is -0.152. The second-order valence-electron chi connectivity index (χ2n) is 13.7.